The van der Waals surface area contributed by atoms with Gasteiger partial charge in [-0.05, 0) is 48.9 Å². The van der Waals surface area contributed by atoms with Gasteiger partial charge in [0.25, 0.3) is 5.91 Å². The van der Waals surface area contributed by atoms with Crippen molar-refractivity contribution >= 4 is 23.9 Å². The summed E-state index contributed by atoms with van der Waals surface area (Å²) < 4.78 is 20.4. The third-order valence-electron chi connectivity index (χ3n) is 4.68. The number of halogens is 1. The number of carbonyl (C=O) groups excluding carboxylic acids is 1. The summed E-state index contributed by atoms with van der Waals surface area (Å²) >= 11 is 1.25. The average molecular weight is 476 g/mol. The lowest BCUT2D eigenvalue weighted by molar-refractivity contribution is -0.118. The summed E-state index contributed by atoms with van der Waals surface area (Å²) in [5, 5.41) is 13.2. The topological polar surface area (TPSA) is 81.4 Å². The maximum absolute atomic E-state index is 13.0. The van der Waals surface area contributed by atoms with Crippen LogP contribution in [0.2, 0.25) is 0 Å². The van der Waals surface area contributed by atoms with Crippen LogP contribution in [0.3, 0.4) is 0 Å². The van der Waals surface area contributed by atoms with Crippen LogP contribution in [0.1, 0.15) is 12.5 Å². The predicted molar refractivity (Wildman–Crippen MR) is 131 cm³/mol. The zero-order chi connectivity index (χ0) is 23.8. The average Bonchev–Trinajstić information content (AvgIpc) is 3.29. The van der Waals surface area contributed by atoms with Crippen molar-refractivity contribution in [3.63, 3.8) is 0 Å². The molecule has 1 heterocycles. The van der Waals surface area contributed by atoms with Gasteiger partial charge in [-0.2, -0.15) is 5.10 Å². The Labute approximate surface area is 200 Å². The number of nitrogens with one attached hydrogen (secondary N) is 1. The van der Waals surface area contributed by atoms with E-state index in [-0.39, 0.29) is 17.5 Å². The van der Waals surface area contributed by atoms with Crippen molar-refractivity contribution in [2.75, 3.05) is 12.4 Å². The van der Waals surface area contributed by atoms with Gasteiger partial charge in [-0.1, -0.05) is 54.2 Å². The maximum atomic E-state index is 13.0. The van der Waals surface area contributed by atoms with E-state index in [9.17, 15) is 9.18 Å². The quantitative estimate of drug-likeness (QED) is 0.215. The zero-order valence-corrected chi connectivity index (χ0v) is 19.2. The number of rotatable bonds is 9. The van der Waals surface area contributed by atoms with Gasteiger partial charge in [-0.15, -0.1) is 10.2 Å². The molecule has 0 saturated carbocycles. The van der Waals surface area contributed by atoms with Crippen LogP contribution in [0.5, 0.6) is 5.75 Å². The number of hydrogen-bond donors (Lipinski definition) is 1. The van der Waals surface area contributed by atoms with Crippen LogP contribution in [0.25, 0.3) is 17.1 Å². The largest absolute Gasteiger partial charge is 0.494 e. The molecule has 4 aromatic rings. The minimum absolute atomic E-state index is 0.0880. The summed E-state index contributed by atoms with van der Waals surface area (Å²) in [5.41, 5.74) is 4.91. The molecule has 0 saturated heterocycles. The van der Waals surface area contributed by atoms with Crippen molar-refractivity contribution in [2.24, 2.45) is 5.10 Å². The van der Waals surface area contributed by atoms with Crippen LogP contribution in [-0.4, -0.2) is 39.2 Å². The van der Waals surface area contributed by atoms with E-state index in [0.29, 0.717) is 23.2 Å². The lowest BCUT2D eigenvalue weighted by atomic mass is 10.2. The first-order valence-corrected chi connectivity index (χ1v) is 11.6. The van der Waals surface area contributed by atoms with Crippen molar-refractivity contribution in [3.05, 3.63) is 90.2 Å². The molecule has 1 N–H and O–H groups in total. The SMILES string of the molecule is CCOc1ccc(-n2c(SCC(=O)NN=Cc3ccc(F)cc3)nnc2-c2ccccc2)cc1. The van der Waals surface area contributed by atoms with Gasteiger partial charge in [0.15, 0.2) is 11.0 Å². The number of aromatic nitrogens is 3. The summed E-state index contributed by atoms with van der Waals surface area (Å²) in [7, 11) is 0. The summed E-state index contributed by atoms with van der Waals surface area (Å²) in [5.74, 6) is 0.898. The number of thioether (sulfide) groups is 1. The Balaban J connectivity index is 1.50. The van der Waals surface area contributed by atoms with Crippen molar-refractivity contribution in [2.45, 2.75) is 12.1 Å². The van der Waals surface area contributed by atoms with Gasteiger partial charge in [-0.3, -0.25) is 9.36 Å². The summed E-state index contributed by atoms with van der Waals surface area (Å²) in [6.45, 7) is 2.52. The molecule has 4 rings (SSSR count). The number of hydrazone groups is 1. The molecule has 1 amide bonds. The van der Waals surface area contributed by atoms with Gasteiger partial charge >= 0.3 is 0 Å². The second-order valence-corrected chi connectivity index (χ2v) is 8.01. The van der Waals surface area contributed by atoms with Gasteiger partial charge < -0.3 is 4.74 Å². The number of nitrogens with zero attached hydrogens (tertiary/aromatic N) is 4. The molecule has 0 aliphatic rings. The second-order valence-electron chi connectivity index (χ2n) is 7.07. The van der Waals surface area contributed by atoms with E-state index >= 15 is 0 Å². The lowest BCUT2D eigenvalue weighted by Crippen LogP contribution is -2.20. The van der Waals surface area contributed by atoms with Crippen LogP contribution < -0.4 is 10.2 Å². The van der Waals surface area contributed by atoms with Crippen LogP contribution in [0.4, 0.5) is 4.39 Å². The van der Waals surface area contributed by atoms with Crippen LogP contribution in [0, 0.1) is 5.82 Å². The highest BCUT2D eigenvalue weighted by Gasteiger charge is 2.17. The predicted octanol–water partition coefficient (Wildman–Crippen LogP) is 4.71. The van der Waals surface area contributed by atoms with Gasteiger partial charge in [0, 0.05) is 11.3 Å². The Hall–Kier alpha value is -3.98. The van der Waals surface area contributed by atoms with Gasteiger partial charge in [0.2, 0.25) is 0 Å². The molecule has 0 aliphatic carbocycles. The maximum Gasteiger partial charge on any atom is 0.250 e. The minimum atomic E-state index is -0.330. The smallest absolute Gasteiger partial charge is 0.250 e. The Morgan fingerprint density at radius 3 is 2.50 bits per heavy atom. The normalized spacial score (nSPS) is 11.0. The third-order valence-corrected chi connectivity index (χ3v) is 5.61. The Morgan fingerprint density at radius 1 is 1.06 bits per heavy atom. The Bertz CT molecular complexity index is 1260. The van der Waals surface area contributed by atoms with Crippen LogP contribution >= 0.6 is 11.8 Å². The van der Waals surface area contributed by atoms with Crippen molar-refractivity contribution in [3.8, 4) is 22.8 Å². The summed E-state index contributed by atoms with van der Waals surface area (Å²) in [4.78, 5) is 12.3. The molecule has 34 heavy (non-hydrogen) atoms. The van der Waals surface area contributed by atoms with E-state index in [2.05, 4.69) is 20.7 Å². The molecule has 0 fully saturated rings. The number of benzene rings is 3. The van der Waals surface area contributed by atoms with E-state index in [1.165, 1.54) is 30.1 Å². The van der Waals surface area contributed by atoms with Gasteiger partial charge in [0.1, 0.15) is 11.6 Å². The molecule has 9 heteroatoms. The molecular weight excluding hydrogens is 453 g/mol. The third kappa shape index (κ3) is 5.87. The molecular formula is C25H22FN5O2S. The molecule has 3 aromatic carbocycles. The number of carbonyl (C=O) groups is 1. The molecule has 7 nitrogen and oxygen atoms in total. The minimum Gasteiger partial charge on any atom is -0.494 e. The van der Waals surface area contributed by atoms with Crippen molar-refractivity contribution < 1.29 is 13.9 Å². The molecule has 1 aromatic heterocycles. The fourth-order valence-corrected chi connectivity index (χ4v) is 3.86. The van der Waals surface area contributed by atoms with E-state index < -0.39 is 0 Å². The molecule has 0 unspecified atom stereocenters. The first kappa shape index (κ1) is 23.2. The molecule has 0 atom stereocenters. The monoisotopic (exact) mass is 475 g/mol. The molecule has 0 radical (unpaired) electrons. The highest BCUT2D eigenvalue weighted by Crippen LogP contribution is 2.28. The number of hydrogen-bond acceptors (Lipinski definition) is 6. The first-order chi connectivity index (χ1) is 16.6. The van der Waals surface area contributed by atoms with E-state index in [4.69, 9.17) is 4.74 Å². The van der Waals surface area contributed by atoms with Gasteiger partial charge in [0.05, 0.1) is 18.6 Å². The lowest BCUT2D eigenvalue weighted by Gasteiger charge is -2.11. The van der Waals surface area contributed by atoms with E-state index in [1.807, 2.05) is 66.1 Å². The second kappa shape index (κ2) is 11.2. The number of amides is 1. The number of ether oxygens (including phenoxy) is 1. The zero-order valence-electron chi connectivity index (χ0n) is 18.4. The molecule has 0 spiro atoms. The molecule has 0 aliphatic heterocycles. The Morgan fingerprint density at radius 2 is 1.79 bits per heavy atom. The molecule has 172 valence electrons. The van der Waals surface area contributed by atoms with E-state index in [1.54, 1.807) is 12.1 Å². The highest BCUT2D eigenvalue weighted by atomic mass is 32.2. The van der Waals surface area contributed by atoms with Crippen LogP contribution in [-0.2, 0) is 4.79 Å². The fraction of sp³-hybridized carbons (Fsp3) is 0.120. The fourth-order valence-electron chi connectivity index (χ4n) is 3.12. The Kier molecular flexibility index (Phi) is 7.67. The van der Waals surface area contributed by atoms with E-state index in [0.717, 1.165) is 17.0 Å². The highest BCUT2D eigenvalue weighted by molar-refractivity contribution is 7.99. The molecule has 0 bridgehead atoms. The van der Waals surface area contributed by atoms with Crippen molar-refractivity contribution in [1.82, 2.24) is 20.2 Å². The summed E-state index contributed by atoms with van der Waals surface area (Å²) in [6, 6.07) is 23.2. The first-order valence-electron chi connectivity index (χ1n) is 10.6. The van der Waals surface area contributed by atoms with Crippen molar-refractivity contribution in [1.29, 1.82) is 0 Å². The summed E-state index contributed by atoms with van der Waals surface area (Å²) in [6.07, 6.45) is 1.46. The van der Waals surface area contributed by atoms with Crippen LogP contribution in [0.15, 0.2) is 89.1 Å². The standard InChI is InChI=1S/C25H22FN5O2S/c1-2-33-22-14-12-21(13-15-22)31-24(19-6-4-3-5-7-19)29-30-25(31)34-17-23(32)28-27-16-18-8-10-20(26)11-9-18/h3-16H,2,17H2,1H3,(H,28,32). The van der Waals surface area contributed by atoms with Gasteiger partial charge in [-0.25, -0.2) is 9.82 Å².